The van der Waals surface area contributed by atoms with Crippen molar-refractivity contribution in [2.75, 3.05) is 0 Å². The van der Waals surface area contributed by atoms with Crippen LogP contribution in [0.2, 0.25) is 5.02 Å². The minimum atomic E-state index is -0.601. The third-order valence-corrected chi connectivity index (χ3v) is 3.84. The summed E-state index contributed by atoms with van der Waals surface area (Å²) in [5, 5.41) is 13.9. The maximum Gasteiger partial charge on any atom is 0.288 e. The lowest BCUT2D eigenvalue weighted by Crippen LogP contribution is -2.31. The van der Waals surface area contributed by atoms with Crippen molar-refractivity contribution in [2.45, 2.75) is 19.9 Å². The third kappa shape index (κ3) is 4.07. The van der Waals surface area contributed by atoms with E-state index in [1.54, 1.807) is 0 Å². The van der Waals surface area contributed by atoms with Crippen LogP contribution in [0.5, 0.6) is 0 Å². The molecule has 0 heterocycles. The second-order valence-corrected chi connectivity index (χ2v) is 5.94. The predicted molar refractivity (Wildman–Crippen MR) is 89.6 cm³/mol. The van der Waals surface area contributed by atoms with Crippen LogP contribution < -0.4 is 5.32 Å². The molecule has 0 saturated heterocycles. The molecule has 0 aliphatic rings. The molecule has 6 heteroatoms. The number of nitro groups is 1. The second-order valence-electron chi connectivity index (χ2n) is 5.53. The smallest absolute Gasteiger partial charge is 0.288 e. The normalized spacial score (nSPS) is 12.0. The molecule has 23 heavy (non-hydrogen) atoms. The molecule has 0 unspecified atom stereocenters. The summed E-state index contributed by atoms with van der Waals surface area (Å²) < 4.78 is 0. The fourth-order valence-corrected chi connectivity index (χ4v) is 2.50. The van der Waals surface area contributed by atoms with Gasteiger partial charge in [-0.05, 0) is 23.6 Å². The van der Waals surface area contributed by atoms with Crippen molar-refractivity contribution in [3.63, 3.8) is 0 Å². The van der Waals surface area contributed by atoms with E-state index >= 15 is 0 Å². The van der Waals surface area contributed by atoms with Crippen molar-refractivity contribution >= 4 is 23.2 Å². The summed E-state index contributed by atoms with van der Waals surface area (Å²) >= 11 is 5.77. The summed E-state index contributed by atoms with van der Waals surface area (Å²) in [6.07, 6.45) is 0. The van der Waals surface area contributed by atoms with Crippen molar-refractivity contribution in [2.24, 2.45) is 5.92 Å². The van der Waals surface area contributed by atoms with E-state index in [9.17, 15) is 14.9 Å². The fourth-order valence-electron chi connectivity index (χ4n) is 2.31. The van der Waals surface area contributed by atoms with E-state index in [4.69, 9.17) is 11.6 Å². The van der Waals surface area contributed by atoms with Gasteiger partial charge in [0.25, 0.3) is 11.6 Å². The molecule has 1 atom stereocenters. The van der Waals surface area contributed by atoms with Crippen molar-refractivity contribution in [3.8, 4) is 0 Å². The van der Waals surface area contributed by atoms with Crippen LogP contribution >= 0.6 is 11.6 Å². The Morgan fingerprint density at radius 1 is 1.17 bits per heavy atom. The summed E-state index contributed by atoms with van der Waals surface area (Å²) in [6.45, 7) is 4.00. The lowest BCUT2D eigenvalue weighted by Gasteiger charge is -2.23. The highest BCUT2D eigenvalue weighted by molar-refractivity contribution is 6.32. The molecule has 0 spiro atoms. The van der Waals surface area contributed by atoms with E-state index in [0.29, 0.717) is 0 Å². The van der Waals surface area contributed by atoms with Gasteiger partial charge in [0.15, 0.2) is 0 Å². The number of nitrogens with zero attached hydrogens (tertiary/aromatic N) is 1. The van der Waals surface area contributed by atoms with Crippen molar-refractivity contribution < 1.29 is 9.72 Å². The van der Waals surface area contributed by atoms with Gasteiger partial charge in [-0.3, -0.25) is 14.9 Å². The molecule has 0 fully saturated rings. The zero-order valence-electron chi connectivity index (χ0n) is 12.8. The Balaban J connectivity index is 2.26. The molecule has 0 aliphatic heterocycles. The number of nitro benzene ring substituents is 1. The second kappa shape index (κ2) is 7.24. The summed E-state index contributed by atoms with van der Waals surface area (Å²) in [6, 6.07) is 13.5. The first-order chi connectivity index (χ1) is 10.9. The molecule has 2 aromatic carbocycles. The summed E-state index contributed by atoms with van der Waals surface area (Å²) in [5.74, 6) is -0.198. The van der Waals surface area contributed by atoms with Crippen LogP contribution in [0.25, 0.3) is 0 Å². The number of benzene rings is 2. The topological polar surface area (TPSA) is 72.2 Å². The first-order valence-corrected chi connectivity index (χ1v) is 7.57. The Morgan fingerprint density at radius 3 is 2.39 bits per heavy atom. The van der Waals surface area contributed by atoms with Gasteiger partial charge in [-0.15, -0.1) is 0 Å². The quantitative estimate of drug-likeness (QED) is 0.652. The number of halogens is 1. The van der Waals surface area contributed by atoms with Crippen LogP contribution in [0.15, 0.2) is 48.5 Å². The molecular formula is C17H17ClN2O3. The Bertz CT molecular complexity index is 717. The van der Waals surface area contributed by atoms with Crippen LogP contribution in [0.1, 0.15) is 35.8 Å². The minimum Gasteiger partial charge on any atom is -0.345 e. The van der Waals surface area contributed by atoms with E-state index in [-0.39, 0.29) is 34.1 Å². The highest BCUT2D eigenvalue weighted by atomic mass is 35.5. The molecule has 2 aromatic rings. The zero-order chi connectivity index (χ0) is 17.0. The standard InChI is InChI=1S/C17H17ClN2O3/c1-11(2)16(12-6-4-3-5-7-12)19-17(21)13-8-9-14(18)15(10-13)20(22)23/h3-11,16H,1-2H3,(H,19,21)/t16-/m0/s1. The monoisotopic (exact) mass is 332 g/mol. The summed E-state index contributed by atoms with van der Waals surface area (Å²) in [5.41, 5.74) is 0.919. The first kappa shape index (κ1) is 17.0. The van der Waals surface area contributed by atoms with Crippen LogP contribution in [0.4, 0.5) is 5.69 Å². The molecule has 120 valence electrons. The third-order valence-electron chi connectivity index (χ3n) is 3.52. The number of carbonyl (C=O) groups is 1. The van der Waals surface area contributed by atoms with E-state index < -0.39 is 4.92 Å². The average molecular weight is 333 g/mol. The van der Waals surface area contributed by atoms with Crippen LogP contribution in [0.3, 0.4) is 0 Å². The maximum atomic E-state index is 12.4. The van der Waals surface area contributed by atoms with E-state index in [2.05, 4.69) is 5.32 Å². The van der Waals surface area contributed by atoms with E-state index in [1.165, 1.54) is 18.2 Å². The minimum absolute atomic E-state index is 0.00928. The molecule has 0 aliphatic carbocycles. The van der Waals surface area contributed by atoms with Gasteiger partial charge >= 0.3 is 0 Å². The van der Waals surface area contributed by atoms with Crippen LogP contribution in [0, 0.1) is 16.0 Å². The average Bonchev–Trinajstić information content (AvgIpc) is 2.53. The lowest BCUT2D eigenvalue weighted by atomic mass is 9.95. The van der Waals surface area contributed by atoms with Gasteiger partial charge in [-0.2, -0.15) is 0 Å². The number of carbonyl (C=O) groups excluding carboxylic acids is 1. The molecular weight excluding hydrogens is 316 g/mol. The van der Waals surface area contributed by atoms with E-state index in [0.717, 1.165) is 5.56 Å². The van der Waals surface area contributed by atoms with Gasteiger partial charge in [-0.1, -0.05) is 55.8 Å². The zero-order valence-corrected chi connectivity index (χ0v) is 13.6. The van der Waals surface area contributed by atoms with Gasteiger partial charge in [-0.25, -0.2) is 0 Å². The molecule has 0 bridgehead atoms. The van der Waals surface area contributed by atoms with Gasteiger partial charge in [0.1, 0.15) is 5.02 Å². The van der Waals surface area contributed by atoms with Crippen molar-refractivity contribution in [1.82, 2.24) is 5.32 Å². The Labute approximate surface area is 139 Å². The van der Waals surface area contributed by atoms with E-state index in [1.807, 2.05) is 44.2 Å². The molecule has 0 saturated carbocycles. The Kier molecular flexibility index (Phi) is 5.34. The van der Waals surface area contributed by atoms with Gasteiger partial charge in [0, 0.05) is 11.6 Å². The molecule has 0 aromatic heterocycles. The molecule has 1 N–H and O–H groups in total. The number of nitrogens with one attached hydrogen (secondary N) is 1. The van der Waals surface area contributed by atoms with Gasteiger partial charge < -0.3 is 5.32 Å². The molecule has 2 rings (SSSR count). The van der Waals surface area contributed by atoms with Crippen molar-refractivity contribution in [1.29, 1.82) is 0 Å². The Morgan fingerprint density at radius 2 is 1.83 bits per heavy atom. The largest absolute Gasteiger partial charge is 0.345 e. The number of hydrogen-bond donors (Lipinski definition) is 1. The number of rotatable bonds is 5. The molecule has 0 radical (unpaired) electrons. The fraction of sp³-hybridized carbons (Fsp3) is 0.235. The summed E-state index contributed by atoms with van der Waals surface area (Å²) in [4.78, 5) is 22.8. The molecule has 1 amide bonds. The Hall–Kier alpha value is -2.40. The lowest BCUT2D eigenvalue weighted by molar-refractivity contribution is -0.384. The predicted octanol–water partition coefficient (Wildman–Crippen LogP) is 4.38. The van der Waals surface area contributed by atoms with Crippen molar-refractivity contribution in [3.05, 3.63) is 74.8 Å². The number of amides is 1. The van der Waals surface area contributed by atoms with Gasteiger partial charge in [0.2, 0.25) is 0 Å². The van der Waals surface area contributed by atoms with Crippen LogP contribution in [-0.2, 0) is 0 Å². The van der Waals surface area contributed by atoms with Gasteiger partial charge in [0.05, 0.1) is 11.0 Å². The number of hydrogen-bond acceptors (Lipinski definition) is 3. The molecule has 5 nitrogen and oxygen atoms in total. The summed E-state index contributed by atoms with van der Waals surface area (Å²) in [7, 11) is 0. The van der Waals surface area contributed by atoms with Crippen LogP contribution in [-0.4, -0.2) is 10.8 Å². The maximum absolute atomic E-state index is 12.4. The SMILES string of the molecule is CC(C)[C@H](NC(=O)c1ccc(Cl)c([N+](=O)[O-])c1)c1ccccc1. The first-order valence-electron chi connectivity index (χ1n) is 7.20. The highest BCUT2D eigenvalue weighted by Gasteiger charge is 2.21. The highest BCUT2D eigenvalue weighted by Crippen LogP contribution is 2.26.